The SMILES string of the molecule is BrCc1ccccc1-c1ccc(-c2ccccc2)cc1. The molecule has 0 nitrogen and oxygen atoms in total. The van der Waals surface area contributed by atoms with Crippen LogP contribution in [0, 0.1) is 0 Å². The third kappa shape index (κ3) is 2.68. The maximum Gasteiger partial charge on any atom is 0.0289 e. The third-order valence-corrected chi connectivity index (χ3v) is 4.07. The molecule has 0 N–H and O–H groups in total. The van der Waals surface area contributed by atoms with Crippen LogP contribution in [0.1, 0.15) is 5.56 Å². The van der Waals surface area contributed by atoms with Gasteiger partial charge in [0.05, 0.1) is 0 Å². The highest BCUT2D eigenvalue weighted by atomic mass is 79.9. The van der Waals surface area contributed by atoms with E-state index in [1.165, 1.54) is 27.8 Å². The Balaban J connectivity index is 1.98. The first kappa shape index (κ1) is 13.1. The Labute approximate surface area is 128 Å². The van der Waals surface area contributed by atoms with Gasteiger partial charge in [-0.05, 0) is 27.8 Å². The minimum atomic E-state index is 0.879. The van der Waals surface area contributed by atoms with Crippen LogP contribution >= 0.6 is 15.9 Å². The van der Waals surface area contributed by atoms with Gasteiger partial charge in [-0.2, -0.15) is 0 Å². The highest BCUT2D eigenvalue weighted by molar-refractivity contribution is 9.08. The lowest BCUT2D eigenvalue weighted by Gasteiger charge is -2.08. The normalized spacial score (nSPS) is 10.4. The molecule has 3 aromatic rings. The summed E-state index contributed by atoms with van der Waals surface area (Å²) in [5.41, 5.74) is 6.39. The molecule has 0 atom stereocenters. The minimum absolute atomic E-state index is 0.879. The topological polar surface area (TPSA) is 0 Å². The van der Waals surface area contributed by atoms with E-state index in [1.54, 1.807) is 0 Å². The zero-order chi connectivity index (χ0) is 13.8. The first-order valence-corrected chi connectivity index (χ1v) is 7.80. The second-order valence-electron chi connectivity index (χ2n) is 4.73. The molecule has 0 fully saturated rings. The molecule has 98 valence electrons. The van der Waals surface area contributed by atoms with Crippen molar-refractivity contribution in [2.24, 2.45) is 0 Å². The average molecular weight is 323 g/mol. The summed E-state index contributed by atoms with van der Waals surface area (Å²) in [6.45, 7) is 0. The summed E-state index contributed by atoms with van der Waals surface area (Å²) in [6, 6.07) is 27.8. The molecule has 0 bridgehead atoms. The van der Waals surface area contributed by atoms with E-state index in [1.807, 2.05) is 6.07 Å². The molecule has 0 radical (unpaired) electrons. The van der Waals surface area contributed by atoms with Crippen molar-refractivity contribution < 1.29 is 0 Å². The van der Waals surface area contributed by atoms with Crippen molar-refractivity contribution in [3.05, 3.63) is 84.4 Å². The van der Waals surface area contributed by atoms with Crippen LogP contribution in [0.5, 0.6) is 0 Å². The number of halogens is 1. The van der Waals surface area contributed by atoms with Crippen molar-refractivity contribution in [2.75, 3.05) is 0 Å². The van der Waals surface area contributed by atoms with Gasteiger partial charge in [-0.25, -0.2) is 0 Å². The summed E-state index contributed by atoms with van der Waals surface area (Å²) in [5, 5.41) is 0.879. The van der Waals surface area contributed by atoms with Crippen molar-refractivity contribution in [2.45, 2.75) is 5.33 Å². The lowest BCUT2D eigenvalue weighted by Crippen LogP contribution is -1.85. The van der Waals surface area contributed by atoms with E-state index < -0.39 is 0 Å². The lowest BCUT2D eigenvalue weighted by molar-refractivity contribution is 1.43. The Kier molecular flexibility index (Phi) is 3.98. The Bertz CT molecular complexity index is 684. The first-order chi connectivity index (χ1) is 9.88. The standard InChI is InChI=1S/C19H15Br/c20-14-18-8-4-5-9-19(18)17-12-10-16(11-13-17)15-6-2-1-3-7-15/h1-13H,14H2. The molecule has 3 rings (SSSR count). The van der Waals surface area contributed by atoms with Gasteiger partial charge >= 0.3 is 0 Å². The fourth-order valence-electron chi connectivity index (χ4n) is 2.39. The van der Waals surface area contributed by atoms with Gasteiger partial charge < -0.3 is 0 Å². The highest BCUT2D eigenvalue weighted by Crippen LogP contribution is 2.28. The predicted molar refractivity (Wildman–Crippen MR) is 89.9 cm³/mol. The molecule has 0 saturated carbocycles. The van der Waals surface area contributed by atoms with Gasteiger partial charge in [0.15, 0.2) is 0 Å². The largest absolute Gasteiger partial charge is 0.0876 e. The van der Waals surface area contributed by atoms with Crippen molar-refractivity contribution in [3.63, 3.8) is 0 Å². The van der Waals surface area contributed by atoms with Crippen LogP contribution < -0.4 is 0 Å². The van der Waals surface area contributed by atoms with Crippen LogP contribution in [-0.4, -0.2) is 0 Å². The molecule has 3 aromatic carbocycles. The Morgan fingerprint density at radius 1 is 0.550 bits per heavy atom. The van der Waals surface area contributed by atoms with Crippen LogP contribution in [0.2, 0.25) is 0 Å². The van der Waals surface area contributed by atoms with Crippen molar-refractivity contribution >= 4 is 15.9 Å². The molecule has 0 saturated heterocycles. The Morgan fingerprint density at radius 2 is 1.10 bits per heavy atom. The first-order valence-electron chi connectivity index (χ1n) is 6.68. The van der Waals surface area contributed by atoms with Crippen LogP contribution in [-0.2, 0) is 5.33 Å². The number of alkyl halides is 1. The minimum Gasteiger partial charge on any atom is -0.0876 e. The molecule has 20 heavy (non-hydrogen) atoms. The number of rotatable bonds is 3. The fourth-order valence-corrected chi connectivity index (χ4v) is 2.88. The fraction of sp³-hybridized carbons (Fsp3) is 0.0526. The molecule has 0 aliphatic rings. The van der Waals surface area contributed by atoms with Crippen LogP contribution in [0.3, 0.4) is 0 Å². The van der Waals surface area contributed by atoms with Crippen molar-refractivity contribution in [1.29, 1.82) is 0 Å². The molecule has 0 aromatic heterocycles. The van der Waals surface area contributed by atoms with E-state index in [0.29, 0.717) is 0 Å². The van der Waals surface area contributed by atoms with Gasteiger partial charge in [-0.1, -0.05) is 94.8 Å². The predicted octanol–water partition coefficient (Wildman–Crippen LogP) is 5.92. The van der Waals surface area contributed by atoms with Crippen LogP contribution in [0.15, 0.2) is 78.9 Å². The van der Waals surface area contributed by atoms with Gasteiger partial charge in [0.25, 0.3) is 0 Å². The average Bonchev–Trinajstić information content (AvgIpc) is 2.56. The van der Waals surface area contributed by atoms with E-state index in [9.17, 15) is 0 Å². The molecule has 0 unspecified atom stereocenters. The van der Waals surface area contributed by atoms with Gasteiger partial charge in [0.1, 0.15) is 0 Å². The second kappa shape index (κ2) is 6.06. The summed E-state index contributed by atoms with van der Waals surface area (Å²) >= 11 is 3.56. The van der Waals surface area contributed by atoms with Crippen molar-refractivity contribution in [3.8, 4) is 22.3 Å². The summed E-state index contributed by atoms with van der Waals surface area (Å²) in [5.74, 6) is 0. The third-order valence-electron chi connectivity index (χ3n) is 3.46. The molecule has 1 heteroatoms. The molecule has 0 heterocycles. The maximum absolute atomic E-state index is 3.56. The second-order valence-corrected chi connectivity index (χ2v) is 5.29. The lowest BCUT2D eigenvalue weighted by atomic mass is 9.98. The molecule has 0 amide bonds. The van der Waals surface area contributed by atoms with E-state index >= 15 is 0 Å². The van der Waals surface area contributed by atoms with E-state index in [-0.39, 0.29) is 0 Å². The molecule has 0 spiro atoms. The van der Waals surface area contributed by atoms with Gasteiger partial charge in [0.2, 0.25) is 0 Å². The van der Waals surface area contributed by atoms with E-state index in [0.717, 1.165) is 5.33 Å². The highest BCUT2D eigenvalue weighted by Gasteiger charge is 2.04. The zero-order valence-corrected chi connectivity index (χ0v) is 12.7. The Hall–Kier alpha value is -1.86. The molecular formula is C19H15Br. The molecule has 0 aliphatic heterocycles. The summed E-state index contributed by atoms with van der Waals surface area (Å²) in [6.07, 6.45) is 0. The van der Waals surface area contributed by atoms with Gasteiger partial charge in [-0.15, -0.1) is 0 Å². The number of hydrogen-bond donors (Lipinski definition) is 0. The molecule has 0 aliphatic carbocycles. The Morgan fingerprint density at radius 3 is 1.80 bits per heavy atom. The number of benzene rings is 3. The van der Waals surface area contributed by atoms with Crippen LogP contribution in [0.4, 0.5) is 0 Å². The smallest absolute Gasteiger partial charge is 0.0289 e. The summed E-state index contributed by atoms with van der Waals surface area (Å²) < 4.78 is 0. The number of hydrogen-bond acceptors (Lipinski definition) is 0. The van der Waals surface area contributed by atoms with Gasteiger partial charge in [-0.3, -0.25) is 0 Å². The quantitative estimate of drug-likeness (QED) is 0.525. The molecular weight excluding hydrogens is 308 g/mol. The summed E-state index contributed by atoms with van der Waals surface area (Å²) in [7, 11) is 0. The van der Waals surface area contributed by atoms with E-state index in [2.05, 4.69) is 88.7 Å². The van der Waals surface area contributed by atoms with Crippen LogP contribution in [0.25, 0.3) is 22.3 Å². The zero-order valence-electron chi connectivity index (χ0n) is 11.1. The van der Waals surface area contributed by atoms with Gasteiger partial charge in [0, 0.05) is 5.33 Å². The monoisotopic (exact) mass is 322 g/mol. The van der Waals surface area contributed by atoms with E-state index in [4.69, 9.17) is 0 Å². The van der Waals surface area contributed by atoms with Crippen molar-refractivity contribution in [1.82, 2.24) is 0 Å². The maximum atomic E-state index is 3.56. The summed E-state index contributed by atoms with van der Waals surface area (Å²) in [4.78, 5) is 0.